The minimum Gasteiger partial charge on any atom is -0.331 e. The Balaban J connectivity index is 2.32. The van der Waals surface area contributed by atoms with Gasteiger partial charge in [0.15, 0.2) is 4.77 Å². The second-order valence-electron chi connectivity index (χ2n) is 4.55. The number of H-pyrrole nitrogens is 1. The first-order valence-corrected chi connectivity index (χ1v) is 8.09. The largest absolute Gasteiger partial charge is 0.331 e. The quantitative estimate of drug-likeness (QED) is 0.458. The first-order valence-electron chi connectivity index (χ1n) is 6.23. The molecule has 3 aromatic rings. The molecule has 4 nitrogen and oxygen atoms in total. The Bertz CT molecular complexity index is 1030. The number of aromatic nitrogens is 2. The number of fused-ring (bicyclic) bond motifs is 1. The molecule has 0 radical (unpaired) electrons. The molecule has 1 aromatic heterocycles. The Morgan fingerprint density at radius 3 is 2.68 bits per heavy atom. The fourth-order valence-electron chi connectivity index (χ4n) is 2.13. The van der Waals surface area contributed by atoms with Crippen molar-refractivity contribution in [2.45, 2.75) is 0 Å². The summed E-state index contributed by atoms with van der Waals surface area (Å²) in [4.78, 5) is 28.2. The lowest BCUT2D eigenvalue weighted by molar-refractivity contribution is 0.0954. The minimum atomic E-state index is -0.544. The highest BCUT2D eigenvalue weighted by atomic mass is 127. The van der Waals surface area contributed by atoms with Gasteiger partial charge in [0.2, 0.25) is 0 Å². The van der Waals surface area contributed by atoms with Crippen LogP contribution in [0.1, 0.15) is 10.4 Å². The van der Waals surface area contributed by atoms with E-state index in [0.29, 0.717) is 10.9 Å². The van der Waals surface area contributed by atoms with E-state index in [2.05, 4.69) is 27.6 Å². The molecule has 0 fully saturated rings. The van der Waals surface area contributed by atoms with Crippen LogP contribution in [0.3, 0.4) is 0 Å². The topological polar surface area (TPSA) is 54.9 Å². The van der Waals surface area contributed by atoms with E-state index in [9.17, 15) is 9.59 Å². The molecule has 1 N–H and O–H groups in total. The molecule has 0 bridgehead atoms. The number of carbonyl (C=O) groups is 1. The van der Waals surface area contributed by atoms with Crippen molar-refractivity contribution < 1.29 is 4.79 Å². The first-order chi connectivity index (χ1) is 10.5. The van der Waals surface area contributed by atoms with Gasteiger partial charge >= 0.3 is 0 Å². The van der Waals surface area contributed by atoms with E-state index in [1.165, 1.54) is 0 Å². The molecule has 0 unspecified atom stereocenters. The SMILES string of the molecule is O=C(c1ccccc1Cl)n1c(=S)[nH]c2ccc(I)cc2c1=O. The molecule has 0 atom stereocenters. The molecule has 0 amide bonds. The predicted molar refractivity (Wildman–Crippen MR) is 97.3 cm³/mol. The Morgan fingerprint density at radius 2 is 1.95 bits per heavy atom. The molecule has 110 valence electrons. The smallest absolute Gasteiger partial charge is 0.269 e. The van der Waals surface area contributed by atoms with Crippen LogP contribution in [0, 0.1) is 8.34 Å². The van der Waals surface area contributed by atoms with Crippen LogP contribution in [0.4, 0.5) is 0 Å². The summed E-state index contributed by atoms with van der Waals surface area (Å²) in [5.74, 6) is -0.544. The van der Waals surface area contributed by atoms with Gasteiger partial charge < -0.3 is 4.98 Å². The van der Waals surface area contributed by atoms with Gasteiger partial charge in [-0.15, -0.1) is 0 Å². The average Bonchev–Trinajstić information content (AvgIpc) is 2.48. The number of halogens is 2. The lowest BCUT2D eigenvalue weighted by Gasteiger charge is -2.08. The van der Waals surface area contributed by atoms with Crippen LogP contribution in [0.15, 0.2) is 47.3 Å². The lowest BCUT2D eigenvalue weighted by atomic mass is 10.2. The van der Waals surface area contributed by atoms with Gasteiger partial charge in [0, 0.05) is 3.57 Å². The molecule has 7 heteroatoms. The van der Waals surface area contributed by atoms with Gasteiger partial charge in [-0.25, -0.2) is 4.57 Å². The van der Waals surface area contributed by atoms with Gasteiger partial charge in [-0.05, 0) is 65.1 Å². The molecule has 3 rings (SSSR count). The second kappa shape index (κ2) is 5.94. The van der Waals surface area contributed by atoms with E-state index < -0.39 is 11.5 Å². The van der Waals surface area contributed by atoms with Crippen LogP contribution >= 0.6 is 46.4 Å². The summed E-state index contributed by atoms with van der Waals surface area (Å²) in [6, 6.07) is 11.9. The highest BCUT2D eigenvalue weighted by Crippen LogP contribution is 2.17. The highest BCUT2D eigenvalue weighted by molar-refractivity contribution is 14.1. The predicted octanol–water partition coefficient (Wildman–Crippen LogP) is 4.01. The number of carbonyl (C=O) groups excluding carboxylic acids is 1. The van der Waals surface area contributed by atoms with E-state index in [1.807, 2.05) is 6.07 Å². The normalized spacial score (nSPS) is 10.8. The van der Waals surface area contributed by atoms with Gasteiger partial charge in [0.1, 0.15) is 0 Å². The molecule has 0 aliphatic rings. The Hall–Kier alpha value is -1.51. The standard InChI is InChI=1S/C15H8ClIN2O2S/c16-11-4-2-1-3-9(11)13(20)19-14(21)10-7-8(17)5-6-12(10)18-15(19)22/h1-7H,(H,18,22). The van der Waals surface area contributed by atoms with Crippen LogP contribution in [0.2, 0.25) is 5.02 Å². The summed E-state index contributed by atoms with van der Waals surface area (Å²) in [5.41, 5.74) is 0.372. The van der Waals surface area contributed by atoms with E-state index in [1.54, 1.807) is 36.4 Å². The van der Waals surface area contributed by atoms with Crippen molar-refractivity contribution in [2.75, 3.05) is 0 Å². The fraction of sp³-hybridized carbons (Fsp3) is 0. The Kier molecular flexibility index (Phi) is 4.16. The molecule has 0 aliphatic heterocycles. The third-order valence-electron chi connectivity index (χ3n) is 3.17. The van der Waals surface area contributed by atoms with E-state index in [-0.39, 0.29) is 15.4 Å². The second-order valence-corrected chi connectivity index (χ2v) is 6.59. The van der Waals surface area contributed by atoms with E-state index in [4.69, 9.17) is 23.8 Å². The highest BCUT2D eigenvalue weighted by Gasteiger charge is 2.17. The maximum absolute atomic E-state index is 12.6. The zero-order valence-corrected chi connectivity index (χ0v) is 14.7. The van der Waals surface area contributed by atoms with Crippen molar-refractivity contribution >= 4 is 63.2 Å². The van der Waals surface area contributed by atoms with Crippen molar-refractivity contribution in [3.05, 3.63) is 71.7 Å². The Morgan fingerprint density at radius 1 is 1.23 bits per heavy atom. The van der Waals surface area contributed by atoms with E-state index in [0.717, 1.165) is 8.14 Å². The summed E-state index contributed by atoms with van der Waals surface area (Å²) >= 11 is 13.3. The van der Waals surface area contributed by atoms with Crippen LogP contribution in [-0.4, -0.2) is 15.5 Å². The summed E-state index contributed by atoms with van der Waals surface area (Å²) in [5, 5.41) is 0.678. The van der Waals surface area contributed by atoms with Crippen LogP contribution in [0.25, 0.3) is 10.9 Å². The number of hydrogen-bond donors (Lipinski definition) is 1. The lowest BCUT2D eigenvalue weighted by Crippen LogP contribution is -2.29. The maximum Gasteiger partial charge on any atom is 0.269 e. The summed E-state index contributed by atoms with van der Waals surface area (Å²) in [7, 11) is 0. The molecule has 1 heterocycles. The fourth-order valence-corrected chi connectivity index (χ4v) is 3.11. The molecule has 0 aliphatic carbocycles. The molecular formula is C15H8ClIN2O2S. The molecule has 2 aromatic carbocycles. The molecule has 0 saturated carbocycles. The van der Waals surface area contributed by atoms with Crippen LogP contribution in [-0.2, 0) is 0 Å². The van der Waals surface area contributed by atoms with Gasteiger partial charge in [0.25, 0.3) is 11.5 Å². The van der Waals surface area contributed by atoms with Crippen LogP contribution in [0.5, 0.6) is 0 Å². The first kappa shape index (κ1) is 15.4. The monoisotopic (exact) mass is 442 g/mol. The van der Waals surface area contributed by atoms with Gasteiger partial charge in [-0.1, -0.05) is 23.7 Å². The number of aromatic amines is 1. The molecule has 0 saturated heterocycles. The summed E-state index contributed by atoms with van der Waals surface area (Å²) in [6.07, 6.45) is 0. The van der Waals surface area contributed by atoms with Crippen molar-refractivity contribution in [1.29, 1.82) is 0 Å². The summed E-state index contributed by atoms with van der Waals surface area (Å²) < 4.78 is 1.88. The van der Waals surface area contributed by atoms with Crippen molar-refractivity contribution in [3.8, 4) is 0 Å². The Labute approximate surface area is 148 Å². The summed E-state index contributed by atoms with van der Waals surface area (Å²) in [6.45, 7) is 0. The molecule has 22 heavy (non-hydrogen) atoms. The number of rotatable bonds is 1. The van der Waals surface area contributed by atoms with Gasteiger partial charge in [-0.2, -0.15) is 0 Å². The van der Waals surface area contributed by atoms with E-state index >= 15 is 0 Å². The van der Waals surface area contributed by atoms with Crippen LogP contribution < -0.4 is 5.56 Å². The van der Waals surface area contributed by atoms with Gasteiger partial charge in [-0.3, -0.25) is 9.59 Å². The third-order valence-corrected chi connectivity index (χ3v) is 4.45. The zero-order chi connectivity index (χ0) is 15.9. The molecule has 0 spiro atoms. The van der Waals surface area contributed by atoms with Crippen molar-refractivity contribution in [3.63, 3.8) is 0 Å². The maximum atomic E-state index is 12.6. The van der Waals surface area contributed by atoms with Crippen molar-refractivity contribution in [2.24, 2.45) is 0 Å². The number of nitrogens with zero attached hydrogens (tertiary/aromatic N) is 1. The van der Waals surface area contributed by atoms with Gasteiger partial charge in [0.05, 0.1) is 21.5 Å². The molecular weight excluding hydrogens is 435 g/mol. The number of hydrogen-bond acceptors (Lipinski definition) is 3. The minimum absolute atomic E-state index is 0.0450. The zero-order valence-electron chi connectivity index (χ0n) is 11.0. The third kappa shape index (κ3) is 2.62. The number of nitrogens with one attached hydrogen (secondary N) is 1. The average molecular weight is 443 g/mol. The number of benzene rings is 2. The van der Waals surface area contributed by atoms with Crippen molar-refractivity contribution in [1.82, 2.24) is 9.55 Å².